The summed E-state index contributed by atoms with van der Waals surface area (Å²) in [6.45, 7) is 1.90. The standard InChI is InChI=1S/C20H18F2N2/c21-18-7-4-15(5-8-18)17(14-23)12-16-6-9-19(13-20(16)22)24-10-2-1-3-11-24/h4-9,12-13H,1-3,10-11H2/b17-12+. The van der Waals surface area contributed by atoms with Crippen molar-refractivity contribution in [3.8, 4) is 6.07 Å². The molecule has 0 saturated carbocycles. The van der Waals surface area contributed by atoms with Gasteiger partial charge in [0.1, 0.15) is 11.6 Å². The van der Waals surface area contributed by atoms with Gasteiger partial charge in [0.15, 0.2) is 0 Å². The van der Waals surface area contributed by atoms with Crippen LogP contribution in [0.4, 0.5) is 14.5 Å². The third kappa shape index (κ3) is 3.62. The lowest BCUT2D eigenvalue weighted by Gasteiger charge is -2.28. The molecule has 0 aliphatic carbocycles. The Balaban J connectivity index is 1.88. The zero-order valence-corrected chi connectivity index (χ0v) is 13.3. The van der Waals surface area contributed by atoms with Crippen molar-refractivity contribution in [3.05, 3.63) is 65.2 Å². The second-order valence-electron chi connectivity index (χ2n) is 5.93. The van der Waals surface area contributed by atoms with Crippen LogP contribution in [0.3, 0.4) is 0 Å². The number of piperidine rings is 1. The lowest BCUT2D eigenvalue weighted by molar-refractivity contribution is 0.574. The van der Waals surface area contributed by atoms with E-state index in [1.807, 2.05) is 6.07 Å². The highest BCUT2D eigenvalue weighted by molar-refractivity contribution is 5.89. The van der Waals surface area contributed by atoms with Gasteiger partial charge in [0, 0.05) is 24.3 Å². The van der Waals surface area contributed by atoms with Gasteiger partial charge in [-0.25, -0.2) is 8.78 Å². The highest BCUT2D eigenvalue weighted by Gasteiger charge is 2.13. The Bertz CT molecular complexity index is 782. The number of rotatable bonds is 3. The summed E-state index contributed by atoms with van der Waals surface area (Å²) in [5.74, 6) is -0.721. The van der Waals surface area contributed by atoms with Crippen molar-refractivity contribution in [3.63, 3.8) is 0 Å². The monoisotopic (exact) mass is 324 g/mol. The van der Waals surface area contributed by atoms with Gasteiger partial charge in [0.25, 0.3) is 0 Å². The molecule has 1 aliphatic heterocycles. The molecule has 0 spiro atoms. The normalized spacial score (nSPS) is 15.2. The van der Waals surface area contributed by atoms with Crippen LogP contribution in [0.5, 0.6) is 0 Å². The molecule has 1 fully saturated rings. The second kappa shape index (κ2) is 7.27. The Labute approximate surface area is 140 Å². The number of anilines is 1. The van der Waals surface area contributed by atoms with E-state index in [0.717, 1.165) is 31.6 Å². The first-order valence-corrected chi connectivity index (χ1v) is 8.09. The highest BCUT2D eigenvalue weighted by atomic mass is 19.1. The van der Waals surface area contributed by atoms with Crippen molar-refractivity contribution >= 4 is 17.3 Å². The maximum Gasteiger partial charge on any atom is 0.132 e. The van der Waals surface area contributed by atoms with Crippen molar-refractivity contribution in [1.82, 2.24) is 0 Å². The van der Waals surface area contributed by atoms with Crippen molar-refractivity contribution in [2.45, 2.75) is 19.3 Å². The number of halogens is 2. The minimum atomic E-state index is -0.367. The fourth-order valence-electron chi connectivity index (χ4n) is 2.95. The number of hydrogen-bond donors (Lipinski definition) is 0. The third-order valence-corrected chi connectivity index (χ3v) is 4.28. The lowest BCUT2D eigenvalue weighted by Crippen LogP contribution is -2.29. The molecule has 2 aromatic carbocycles. The number of benzene rings is 2. The predicted octanol–water partition coefficient (Wildman–Crippen LogP) is 5.02. The van der Waals surface area contributed by atoms with Crippen LogP contribution in [-0.4, -0.2) is 13.1 Å². The van der Waals surface area contributed by atoms with Crippen LogP contribution < -0.4 is 4.90 Å². The van der Waals surface area contributed by atoms with E-state index in [4.69, 9.17) is 0 Å². The van der Waals surface area contributed by atoms with E-state index < -0.39 is 0 Å². The first-order valence-electron chi connectivity index (χ1n) is 8.09. The number of allylic oxidation sites excluding steroid dienone is 1. The van der Waals surface area contributed by atoms with Crippen LogP contribution >= 0.6 is 0 Å². The zero-order chi connectivity index (χ0) is 16.9. The Morgan fingerprint density at radius 2 is 1.71 bits per heavy atom. The smallest absolute Gasteiger partial charge is 0.132 e. The summed E-state index contributed by atoms with van der Waals surface area (Å²) in [7, 11) is 0. The van der Waals surface area contributed by atoms with E-state index in [2.05, 4.69) is 11.0 Å². The summed E-state index contributed by atoms with van der Waals surface area (Å²) in [6.07, 6.45) is 4.99. The summed E-state index contributed by atoms with van der Waals surface area (Å²) in [5, 5.41) is 9.32. The molecule has 1 aliphatic rings. The first-order chi connectivity index (χ1) is 11.7. The molecule has 2 aromatic rings. The largest absolute Gasteiger partial charge is 0.371 e. The molecule has 0 bridgehead atoms. The quantitative estimate of drug-likeness (QED) is 0.585. The van der Waals surface area contributed by atoms with Crippen molar-refractivity contribution in [2.24, 2.45) is 0 Å². The topological polar surface area (TPSA) is 27.0 Å². The third-order valence-electron chi connectivity index (χ3n) is 4.28. The summed E-state index contributed by atoms with van der Waals surface area (Å²) < 4.78 is 27.4. The molecule has 1 heterocycles. The summed E-state index contributed by atoms with van der Waals surface area (Å²) in [5.41, 5.74) is 2.11. The van der Waals surface area contributed by atoms with Crippen LogP contribution in [0.1, 0.15) is 30.4 Å². The van der Waals surface area contributed by atoms with E-state index in [1.54, 1.807) is 6.07 Å². The van der Waals surface area contributed by atoms with Crippen molar-refractivity contribution in [1.29, 1.82) is 5.26 Å². The first kappa shape index (κ1) is 16.2. The molecule has 3 rings (SSSR count). The average molecular weight is 324 g/mol. The maximum absolute atomic E-state index is 14.4. The molecule has 0 amide bonds. The summed E-state index contributed by atoms with van der Waals surface area (Å²) in [4.78, 5) is 2.19. The molecule has 0 radical (unpaired) electrons. The molecule has 0 aromatic heterocycles. The Hall–Kier alpha value is -2.67. The molecule has 24 heavy (non-hydrogen) atoms. The fraction of sp³-hybridized carbons (Fsp3) is 0.250. The summed E-state index contributed by atoms with van der Waals surface area (Å²) >= 11 is 0. The maximum atomic E-state index is 14.4. The van der Waals surface area contributed by atoms with E-state index in [-0.39, 0.29) is 11.6 Å². The number of nitrogens with zero attached hydrogens (tertiary/aromatic N) is 2. The molecule has 2 nitrogen and oxygen atoms in total. The van der Waals surface area contributed by atoms with Crippen molar-refractivity contribution in [2.75, 3.05) is 18.0 Å². The minimum Gasteiger partial charge on any atom is -0.371 e. The van der Waals surface area contributed by atoms with Crippen LogP contribution in [0.25, 0.3) is 11.6 Å². The van der Waals surface area contributed by atoms with E-state index >= 15 is 0 Å². The van der Waals surface area contributed by atoms with Gasteiger partial charge in [-0.05, 0) is 61.2 Å². The highest BCUT2D eigenvalue weighted by Crippen LogP contribution is 2.25. The van der Waals surface area contributed by atoms with Crippen LogP contribution in [0, 0.1) is 23.0 Å². The second-order valence-corrected chi connectivity index (χ2v) is 5.93. The zero-order valence-electron chi connectivity index (χ0n) is 13.3. The number of nitriles is 1. The summed E-state index contributed by atoms with van der Waals surface area (Å²) in [6, 6.07) is 12.8. The van der Waals surface area contributed by atoms with Crippen LogP contribution in [-0.2, 0) is 0 Å². The van der Waals surface area contributed by atoms with Gasteiger partial charge in [0.05, 0.1) is 11.6 Å². The van der Waals surface area contributed by atoms with E-state index in [9.17, 15) is 14.0 Å². The Morgan fingerprint density at radius 3 is 2.33 bits per heavy atom. The molecule has 0 unspecified atom stereocenters. The van der Waals surface area contributed by atoms with Gasteiger partial charge >= 0.3 is 0 Å². The average Bonchev–Trinajstić information content (AvgIpc) is 2.62. The van der Waals surface area contributed by atoms with Crippen molar-refractivity contribution < 1.29 is 8.78 Å². The van der Waals surface area contributed by atoms with Gasteiger partial charge in [0.2, 0.25) is 0 Å². The molecule has 4 heteroatoms. The van der Waals surface area contributed by atoms with E-state index in [0.29, 0.717) is 16.7 Å². The lowest BCUT2D eigenvalue weighted by atomic mass is 10.0. The molecule has 0 N–H and O–H groups in total. The van der Waals surface area contributed by atoms with Crippen LogP contribution in [0.15, 0.2) is 42.5 Å². The number of hydrogen-bond acceptors (Lipinski definition) is 2. The van der Waals surface area contributed by atoms with Crippen LogP contribution in [0.2, 0.25) is 0 Å². The fourth-order valence-corrected chi connectivity index (χ4v) is 2.95. The SMILES string of the molecule is N#C/C(=C\c1ccc(N2CCCCC2)cc1F)c1ccc(F)cc1. The minimum absolute atomic E-state index is 0.305. The Kier molecular flexibility index (Phi) is 4.90. The Morgan fingerprint density at radius 1 is 1.00 bits per heavy atom. The van der Waals surface area contributed by atoms with Gasteiger partial charge in [-0.2, -0.15) is 5.26 Å². The molecule has 122 valence electrons. The van der Waals surface area contributed by atoms with Gasteiger partial charge in [-0.15, -0.1) is 0 Å². The van der Waals surface area contributed by atoms with Gasteiger partial charge in [-0.1, -0.05) is 12.1 Å². The molecular weight excluding hydrogens is 306 g/mol. The molecule has 0 atom stereocenters. The molecule has 1 saturated heterocycles. The molecular formula is C20H18F2N2. The van der Waals surface area contributed by atoms with Gasteiger partial charge < -0.3 is 4.90 Å². The van der Waals surface area contributed by atoms with Gasteiger partial charge in [-0.3, -0.25) is 0 Å². The predicted molar refractivity (Wildman–Crippen MR) is 92.3 cm³/mol. The van der Waals surface area contributed by atoms with E-state index in [1.165, 1.54) is 42.8 Å².